The molecule has 0 spiro atoms. The van der Waals surface area contributed by atoms with E-state index in [-0.39, 0.29) is 29.2 Å². The van der Waals surface area contributed by atoms with Crippen LogP contribution in [0.2, 0.25) is 10.0 Å². The highest BCUT2D eigenvalue weighted by Gasteiger charge is 2.33. The van der Waals surface area contributed by atoms with Crippen LogP contribution < -0.4 is 9.62 Å². The van der Waals surface area contributed by atoms with E-state index < -0.39 is 28.5 Å². The van der Waals surface area contributed by atoms with Crippen molar-refractivity contribution in [3.63, 3.8) is 0 Å². The van der Waals surface area contributed by atoms with Gasteiger partial charge in [0.25, 0.3) is 0 Å². The summed E-state index contributed by atoms with van der Waals surface area (Å²) in [6.07, 6.45) is 5.37. The Labute approximate surface area is 217 Å². The summed E-state index contributed by atoms with van der Waals surface area (Å²) in [7, 11) is -3.84. The first kappa shape index (κ1) is 27.3. The number of sulfonamides is 1. The maximum Gasteiger partial charge on any atom is 0.244 e. The lowest BCUT2D eigenvalue weighted by Crippen LogP contribution is -2.53. The summed E-state index contributed by atoms with van der Waals surface area (Å²) in [4.78, 5) is 28.4. The Bertz CT molecular complexity index is 1140. The van der Waals surface area contributed by atoms with Crippen LogP contribution in [0.15, 0.2) is 48.5 Å². The van der Waals surface area contributed by atoms with E-state index in [1.807, 2.05) is 6.92 Å². The van der Waals surface area contributed by atoms with Crippen LogP contribution in [0, 0.1) is 0 Å². The van der Waals surface area contributed by atoms with Crippen LogP contribution >= 0.6 is 23.2 Å². The quantitative estimate of drug-likeness (QED) is 0.476. The molecule has 190 valence electrons. The Hall–Kier alpha value is -2.29. The Balaban J connectivity index is 1.92. The standard InChI is InChI=1S/C25H31Cl2N3O4S/c1-3-22(25(32)28-20-8-4-5-9-20)29(16-18-12-14-19(26)15-13-18)24(31)17-30(35(2,33)34)23-11-7-6-10-21(23)27/h6-7,10-15,20,22H,3-5,8-9,16-17H2,1-2H3,(H,28,32). The summed E-state index contributed by atoms with van der Waals surface area (Å²) in [5.41, 5.74) is 0.985. The van der Waals surface area contributed by atoms with Gasteiger partial charge in [0.1, 0.15) is 12.6 Å². The summed E-state index contributed by atoms with van der Waals surface area (Å²) in [5, 5.41) is 3.84. The van der Waals surface area contributed by atoms with Gasteiger partial charge in [0.2, 0.25) is 21.8 Å². The molecule has 2 aromatic carbocycles. The van der Waals surface area contributed by atoms with E-state index in [4.69, 9.17) is 23.2 Å². The van der Waals surface area contributed by atoms with E-state index >= 15 is 0 Å². The van der Waals surface area contributed by atoms with Gasteiger partial charge in [-0.2, -0.15) is 0 Å². The molecule has 1 N–H and O–H groups in total. The van der Waals surface area contributed by atoms with Gasteiger partial charge in [-0.3, -0.25) is 13.9 Å². The maximum absolute atomic E-state index is 13.7. The molecule has 1 aliphatic rings. The van der Waals surface area contributed by atoms with Crippen LogP contribution in [0.5, 0.6) is 0 Å². The minimum Gasteiger partial charge on any atom is -0.352 e. The van der Waals surface area contributed by atoms with Gasteiger partial charge in [-0.15, -0.1) is 0 Å². The molecule has 2 aromatic rings. The second-order valence-electron chi connectivity index (χ2n) is 8.78. The molecule has 0 radical (unpaired) electrons. The molecule has 0 bridgehead atoms. The predicted octanol–water partition coefficient (Wildman–Crippen LogP) is 4.63. The number of carbonyl (C=O) groups excluding carboxylic acids is 2. The van der Waals surface area contributed by atoms with E-state index in [1.165, 1.54) is 4.90 Å². The molecule has 35 heavy (non-hydrogen) atoms. The fraction of sp³-hybridized carbons (Fsp3) is 0.440. The highest BCUT2D eigenvalue weighted by molar-refractivity contribution is 7.92. The van der Waals surface area contributed by atoms with Gasteiger partial charge in [0.05, 0.1) is 17.0 Å². The van der Waals surface area contributed by atoms with Gasteiger partial charge in [0, 0.05) is 17.6 Å². The predicted molar refractivity (Wildman–Crippen MR) is 140 cm³/mol. The summed E-state index contributed by atoms with van der Waals surface area (Å²) in [5.74, 6) is -0.732. The number of rotatable bonds is 10. The summed E-state index contributed by atoms with van der Waals surface area (Å²) >= 11 is 12.3. The second kappa shape index (κ2) is 12.1. The lowest BCUT2D eigenvalue weighted by atomic mass is 10.1. The lowest BCUT2D eigenvalue weighted by Gasteiger charge is -2.33. The molecule has 0 heterocycles. The fourth-order valence-electron chi connectivity index (χ4n) is 4.32. The molecule has 1 unspecified atom stereocenters. The number of nitrogens with one attached hydrogen (secondary N) is 1. The Morgan fingerprint density at radius 2 is 1.69 bits per heavy atom. The molecule has 3 rings (SSSR count). The first-order valence-electron chi connectivity index (χ1n) is 11.7. The molecular formula is C25H31Cl2N3O4S. The van der Waals surface area contributed by atoms with Crippen molar-refractivity contribution in [3.05, 3.63) is 64.1 Å². The van der Waals surface area contributed by atoms with Crippen LogP contribution in [-0.2, 0) is 26.2 Å². The third-order valence-electron chi connectivity index (χ3n) is 6.15. The van der Waals surface area contributed by atoms with E-state index in [9.17, 15) is 18.0 Å². The van der Waals surface area contributed by atoms with E-state index in [0.717, 1.165) is 41.8 Å². The van der Waals surface area contributed by atoms with Crippen molar-refractivity contribution in [2.24, 2.45) is 0 Å². The average molecular weight is 541 g/mol. The number of para-hydroxylation sites is 1. The Kier molecular flexibility index (Phi) is 9.44. The number of anilines is 1. The van der Waals surface area contributed by atoms with Crippen molar-refractivity contribution in [2.45, 2.75) is 57.7 Å². The van der Waals surface area contributed by atoms with Crippen LogP contribution in [0.1, 0.15) is 44.6 Å². The fourth-order valence-corrected chi connectivity index (χ4v) is 5.60. The highest BCUT2D eigenvalue weighted by atomic mass is 35.5. The second-order valence-corrected chi connectivity index (χ2v) is 11.5. The molecular weight excluding hydrogens is 509 g/mol. The molecule has 2 amide bonds. The zero-order valence-electron chi connectivity index (χ0n) is 19.9. The summed E-state index contributed by atoms with van der Waals surface area (Å²) in [6, 6.07) is 12.8. The number of nitrogens with zero attached hydrogens (tertiary/aromatic N) is 2. The van der Waals surface area contributed by atoms with E-state index in [2.05, 4.69) is 5.32 Å². The van der Waals surface area contributed by atoms with Crippen molar-refractivity contribution in [1.82, 2.24) is 10.2 Å². The molecule has 1 aliphatic carbocycles. The van der Waals surface area contributed by atoms with Gasteiger partial charge < -0.3 is 10.2 Å². The van der Waals surface area contributed by atoms with Gasteiger partial charge in [-0.1, -0.05) is 67.2 Å². The van der Waals surface area contributed by atoms with Crippen LogP contribution in [0.4, 0.5) is 5.69 Å². The van der Waals surface area contributed by atoms with Gasteiger partial charge in [-0.05, 0) is 49.1 Å². The van der Waals surface area contributed by atoms with Crippen LogP contribution in [0.25, 0.3) is 0 Å². The number of halogens is 2. The largest absolute Gasteiger partial charge is 0.352 e. The van der Waals surface area contributed by atoms with Gasteiger partial charge in [-0.25, -0.2) is 8.42 Å². The first-order chi connectivity index (χ1) is 16.6. The topological polar surface area (TPSA) is 86.8 Å². The van der Waals surface area contributed by atoms with Crippen molar-refractivity contribution >= 4 is 50.7 Å². The number of benzene rings is 2. The molecule has 7 nitrogen and oxygen atoms in total. The third kappa shape index (κ3) is 7.35. The molecule has 1 fully saturated rings. The number of amides is 2. The highest BCUT2D eigenvalue weighted by Crippen LogP contribution is 2.28. The maximum atomic E-state index is 13.7. The molecule has 1 saturated carbocycles. The Morgan fingerprint density at radius 3 is 2.26 bits per heavy atom. The molecule has 10 heteroatoms. The van der Waals surface area contributed by atoms with Gasteiger partial charge in [0.15, 0.2) is 0 Å². The summed E-state index contributed by atoms with van der Waals surface area (Å²) < 4.78 is 26.3. The average Bonchev–Trinajstić information content (AvgIpc) is 3.31. The normalized spacial score (nSPS) is 15.0. The Morgan fingerprint density at radius 1 is 1.06 bits per heavy atom. The third-order valence-corrected chi connectivity index (χ3v) is 7.85. The van der Waals surface area contributed by atoms with Crippen LogP contribution in [-0.4, -0.2) is 50.0 Å². The van der Waals surface area contributed by atoms with Crippen LogP contribution in [0.3, 0.4) is 0 Å². The molecule has 0 saturated heterocycles. The molecule has 0 aliphatic heterocycles. The van der Waals surface area contributed by atoms with Crippen molar-refractivity contribution in [3.8, 4) is 0 Å². The zero-order chi connectivity index (χ0) is 25.6. The smallest absolute Gasteiger partial charge is 0.244 e. The number of carbonyl (C=O) groups is 2. The first-order valence-corrected chi connectivity index (χ1v) is 14.3. The summed E-state index contributed by atoms with van der Waals surface area (Å²) in [6.45, 7) is 1.49. The monoisotopic (exact) mass is 539 g/mol. The number of hydrogen-bond acceptors (Lipinski definition) is 4. The minimum absolute atomic E-state index is 0.0969. The van der Waals surface area contributed by atoms with Gasteiger partial charge >= 0.3 is 0 Å². The van der Waals surface area contributed by atoms with Crippen molar-refractivity contribution in [1.29, 1.82) is 0 Å². The molecule has 1 atom stereocenters. The zero-order valence-corrected chi connectivity index (χ0v) is 22.2. The number of hydrogen-bond donors (Lipinski definition) is 1. The minimum atomic E-state index is -3.84. The van der Waals surface area contributed by atoms with E-state index in [0.29, 0.717) is 11.4 Å². The van der Waals surface area contributed by atoms with Crippen molar-refractivity contribution < 1.29 is 18.0 Å². The SMILES string of the molecule is CCC(C(=O)NC1CCCC1)N(Cc1ccc(Cl)cc1)C(=O)CN(c1ccccc1Cl)S(C)(=O)=O. The van der Waals surface area contributed by atoms with E-state index in [1.54, 1.807) is 48.5 Å². The van der Waals surface area contributed by atoms with Crippen molar-refractivity contribution in [2.75, 3.05) is 17.1 Å². The molecule has 0 aromatic heterocycles. The lowest BCUT2D eigenvalue weighted by molar-refractivity contribution is -0.140.